The smallest absolute Gasteiger partial charge is 0 e. The molecule has 0 heterocycles. The minimum absolute atomic E-state index is 0. The topological polar surface area (TPSA) is 0 Å². The Labute approximate surface area is 68.9 Å². The van der Waals surface area contributed by atoms with E-state index in [9.17, 15) is 0 Å². The van der Waals surface area contributed by atoms with Crippen LogP contribution < -0.4 is 0 Å². The van der Waals surface area contributed by atoms with Crippen LogP contribution in [-0.2, 0) is 61.2 Å². The molecular formula is AgBCuTi. The molecule has 0 atom stereocenters. The Morgan fingerprint density at radius 3 is 1.00 bits per heavy atom. The average molecular weight is 230 g/mol. The molecule has 5 radical (unpaired) electrons. The fourth-order valence-corrected chi connectivity index (χ4v) is 0. The first-order valence-electron chi connectivity index (χ1n) is 0. The molecule has 0 aromatic carbocycles. The van der Waals surface area contributed by atoms with Crippen LogP contribution in [0.25, 0.3) is 0 Å². The second-order valence-corrected chi connectivity index (χ2v) is 0. The van der Waals surface area contributed by atoms with Crippen molar-refractivity contribution in [1.29, 1.82) is 0 Å². The molecular weight excluding hydrogens is 230 g/mol. The van der Waals surface area contributed by atoms with Gasteiger partial charge in [0.05, 0.1) is 0 Å². The van der Waals surface area contributed by atoms with Gasteiger partial charge in [-0.05, 0) is 0 Å². The molecule has 0 nitrogen and oxygen atoms in total. The van der Waals surface area contributed by atoms with Crippen molar-refractivity contribution in [2.75, 3.05) is 0 Å². The second kappa shape index (κ2) is 19.8. The molecule has 0 saturated heterocycles. The molecule has 0 aliphatic heterocycles. The zero-order valence-corrected chi connectivity index (χ0v) is 5.67. The van der Waals surface area contributed by atoms with E-state index in [1.165, 1.54) is 0 Å². The third-order valence-electron chi connectivity index (χ3n) is 0. The van der Waals surface area contributed by atoms with Crippen LogP contribution in [0.15, 0.2) is 0 Å². The number of rotatable bonds is 0. The Morgan fingerprint density at radius 2 is 1.00 bits per heavy atom. The largest absolute Gasteiger partial charge is 0 e. The molecule has 0 N–H and O–H groups in total. The third-order valence-corrected chi connectivity index (χ3v) is 0. The summed E-state index contributed by atoms with van der Waals surface area (Å²) < 4.78 is 0. The molecule has 4 heavy (non-hydrogen) atoms. The summed E-state index contributed by atoms with van der Waals surface area (Å²) in [6.45, 7) is 0. The summed E-state index contributed by atoms with van der Waals surface area (Å²) in [7, 11) is 0. The fraction of sp³-hybridized carbons (Fsp3) is 0. The maximum atomic E-state index is 0. The van der Waals surface area contributed by atoms with Gasteiger partial charge in [0.2, 0.25) is 0 Å². The van der Waals surface area contributed by atoms with Crippen molar-refractivity contribution in [3.05, 3.63) is 0 Å². The van der Waals surface area contributed by atoms with Crippen LogP contribution >= 0.6 is 0 Å². The number of hydrogen-bond donors (Lipinski definition) is 0. The molecule has 0 aliphatic carbocycles. The molecule has 0 bridgehead atoms. The molecule has 0 aromatic heterocycles. The fourth-order valence-electron chi connectivity index (χ4n) is 0. The van der Waals surface area contributed by atoms with Gasteiger partial charge in [0.1, 0.15) is 0 Å². The Kier molecular flexibility index (Phi) is 182. The minimum Gasteiger partial charge on any atom is 0 e. The van der Waals surface area contributed by atoms with Crippen LogP contribution in [0.1, 0.15) is 0 Å². The van der Waals surface area contributed by atoms with E-state index in [1.54, 1.807) is 0 Å². The molecule has 4 heteroatoms. The van der Waals surface area contributed by atoms with Gasteiger partial charge >= 0.3 is 0 Å². The van der Waals surface area contributed by atoms with E-state index in [0.29, 0.717) is 0 Å². The first kappa shape index (κ1) is 36.9. The molecule has 0 rings (SSSR count). The Morgan fingerprint density at radius 1 is 1.00 bits per heavy atom. The van der Waals surface area contributed by atoms with Gasteiger partial charge in [0.25, 0.3) is 0 Å². The van der Waals surface area contributed by atoms with Crippen LogP contribution in [0.3, 0.4) is 0 Å². The zero-order valence-electron chi connectivity index (χ0n) is 1.68. The van der Waals surface area contributed by atoms with Gasteiger partial charge in [0, 0.05) is 69.6 Å². The Bertz CT molecular complexity index is 8.00. The van der Waals surface area contributed by atoms with Crippen LogP contribution in [0.5, 0.6) is 0 Å². The first-order valence-corrected chi connectivity index (χ1v) is 0. The molecule has 0 saturated carbocycles. The SMILES string of the molecule is [Ag].[B].[Cu].[Ti]. The van der Waals surface area contributed by atoms with E-state index in [2.05, 4.69) is 0 Å². The molecule has 0 fully saturated rings. The average Bonchev–Trinajstić information content (AvgIpc) is 0. The van der Waals surface area contributed by atoms with Crippen LogP contribution in [0.4, 0.5) is 0 Å². The normalized spacial score (nSPS) is 0. The van der Waals surface area contributed by atoms with E-state index < -0.39 is 0 Å². The number of hydrogen-bond acceptors (Lipinski definition) is 0. The van der Waals surface area contributed by atoms with Crippen molar-refractivity contribution in [1.82, 2.24) is 0 Å². The van der Waals surface area contributed by atoms with Gasteiger partial charge in [-0.1, -0.05) is 0 Å². The van der Waals surface area contributed by atoms with Gasteiger partial charge in [-0.3, -0.25) is 0 Å². The van der Waals surface area contributed by atoms with Crippen molar-refractivity contribution in [2.45, 2.75) is 0 Å². The molecule has 0 aromatic rings. The van der Waals surface area contributed by atoms with Crippen molar-refractivity contribution < 1.29 is 61.2 Å². The van der Waals surface area contributed by atoms with Gasteiger partial charge in [-0.25, -0.2) is 0 Å². The summed E-state index contributed by atoms with van der Waals surface area (Å²) in [5.41, 5.74) is 0. The van der Waals surface area contributed by atoms with Gasteiger partial charge in [-0.2, -0.15) is 0 Å². The summed E-state index contributed by atoms with van der Waals surface area (Å²) in [6, 6.07) is 0. The van der Waals surface area contributed by atoms with Crippen LogP contribution in [0.2, 0.25) is 0 Å². The van der Waals surface area contributed by atoms with Gasteiger partial charge in [-0.15, -0.1) is 0 Å². The second-order valence-electron chi connectivity index (χ2n) is 0. The zero-order chi connectivity index (χ0) is 0. The summed E-state index contributed by atoms with van der Waals surface area (Å²) in [5.74, 6) is 0. The van der Waals surface area contributed by atoms with Crippen molar-refractivity contribution in [3.63, 3.8) is 0 Å². The van der Waals surface area contributed by atoms with E-state index in [-0.39, 0.29) is 69.6 Å². The molecule has 0 unspecified atom stereocenters. The standard InChI is InChI=1S/Ag.B.Cu.Ti. The summed E-state index contributed by atoms with van der Waals surface area (Å²) in [6.07, 6.45) is 0. The maximum Gasteiger partial charge on any atom is 0 e. The first-order chi connectivity index (χ1) is 0. The Balaban J connectivity index is 0. The summed E-state index contributed by atoms with van der Waals surface area (Å²) in [5, 5.41) is 0. The molecule has 0 spiro atoms. The van der Waals surface area contributed by atoms with Crippen molar-refractivity contribution in [3.8, 4) is 0 Å². The van der Waals surface area contributed by atoms with Crippen LogP contribution in [-0.4, -0.2) is 8.41 Å². The quantitative estimate of drug-likeness (QED) is 0.497. The van der Waals surface area contributed by atoms with Gasteiger partial charge in [0.15, 0.2) is 0 Å². The maximum absolute atomic E-state index is 0. The predicted octanol–water partition coefficient (Wildman–Crippen LogP) is -0.388. The molecule has 0 amide bonds. The summed E-state index contributed by atoms with van der Waals surface area (Å²) in [4.78, 5) is 0. The predicted molar refractivity (Wildman–Crippen MR) is 5.75 cm³/mol. The van der Waals surface area contributed by atoms with Crippen molar-refractivity contribution >= 4 is 8.41 Å². The molecule has 29 valence electrons. The van der Waals surface area contributed by atoms with Crippen LogP contribution in [0, 0.1) is 0 Å². The Hall–Kier alpha value is 2.04. The summed E-state index contributed by atoms with van der Waals surface area (Å²) >= 11 is 0. The van der Waals surface area contributed by atoms with E-state index in [4.69, 9.17) is 0 Å². The van der Waals surface area contributed by atoms with E-state index in [0.717, 1.165) is 0 Å². The van der Waals surface area contributed by atoms with E-state index in [1.807, 2.05) is 0 Å². The minimum atomic E-state index is 0. The van der Waals surface area contributed by atoms with Crippen molar-refractivity contribution in [2.24, 2.45) is 0 Å². The van der Waals surface area contributed by atoms with Gasteiger partial charge < -0.3 is 0 Å². The monoisotopic (exact) mass is 229 g/mol. The molecule has 0 aliphatic rings. The van der Waals surface area contributed by atoms with E-state index >= 15 is 0 Å². The third kappa shape index (κ3) is 8.97.